The number of amides is 1. The van der Waals surface area contributed by atoms with E-state index in [9.17, 15) is 4.79 Å². The lowest BCUT2D eigenvalue weighted by atomic mass is 9.96. The summed E-state index contributed by atoms with van der Waals surface area (Å²) < 4.78 is 0. The van der Waals surface area contributed by atoms with Crippen LogP contribution in [0.15, 0.2) is 24.3 Å². The second-order valence-electron chi connectivity index (χ2n) is 5.07. The number of piperidine rings is 1. The largest absolute Gasteiger partial charge is 0.324 e. The molecule has 5 heteroatoms. The number of H-pyrrole nitrogens is 1. The Balaban J connectivity index is 1.62. The zero-order chi connectivity index (χ0) is 13.1. The number of hydrogen-bond donors (Lipinski definition) is 3. The number of nitrogens with one attached hydrogen (secondary N) is 3. The van der Waals surface area contributed by atoms with Crippen LogP contribution in [0.1, 0.15) is 19.3 Å². The van der Waals surface area contributed by atoms with Crippen LogP contribution in [0.4, 0.5) is 5.95 Å². The number of benzene rings is 1. The molecule has 1 fully saturated rings. The third kappa shape index (κ3) is 2.93. The topological polar surface area (TPSA) is 69.8 Å². The van der Waals surface area contributed by atoms with Crippen molar-refractivity contribution in [3.8, 4) is 0 Å². The molecular formula is C14H18N4O. The zero-order valence-corrected chi connectivity index (χ0v) is 10.8. The highest BCUT2D eigenvalue weighted by molar-refractivity contribution is 5.91. The Hall–Kier alpha value is -1.88. The monoisotopic (exact) mass is 258 g/mol. The summed E-state index contributed by atoms with van der Waals surface area (Å²) in [6.07, 6.45) is 2.84. The van der Waals surface area contributed by atoms with Gasteiger partial charge < -0.3 is 10.3 Å². The first kappa shape index (κ1) is 12.2. The molecule has 100 valence electrons. The van der Waals surface area contributed by atoms with Crippen LogP contribution in [-0.4, -0.2) is 29.0 Å². The normalized spacial score (nSPS) is 19.5. The van der Waals surface area contributed by atoms with E-state index >= 15 is 0 Å². The van der Waals surface area contributed by atoms with E-state index < -0.39 is 0 Å². The Kier molecular flexibility index (Phi) is 3.46. The van der Waals surface area contributed by atoms with E-state index in [1.54, 1.807) is 0 Å². The van der Waals surface area contributed by atoms with Gasteiger partial charge in [-0.2, -0.15) is 0 Å². The van der Waals surface area contributed by atoms with Crippen molar-refractivity contribution >= 4 is 22.9 Å². The first-order valence-corrected chi connectivity index (χ1v) is 6.76. The molecule has 2 aromatic rings. The van der Waals surface area contributed by atoms with Crippen molar-refractivity contribution < 1.29 is 4.79 Å². The summed E-state index contributed by atoms with van der Waals surface area (Å²) in [5.41, 5.74) is 1.81. The van der Waals surface area contributed by atoms with Crippen molar-refractivity contribution in [2.45, 2.75) is 19.3 Å². The van der Waals surface area contributed by atoms with Crippen molar-refractivity contribution in [3.63, 3.8) is 0 Å². The van der Waals surface area contributed by atoms with E-state index in [4.69, 9.17) is 0 Å². The molecule has 3 N–H and O–H groups in total. The molecule has 5 nitrogen and oxygen atoms in total. The quantitative estimate of drug-likeness (QED) is 0.787. The highest BCUT2D eigenvalue weighted by atomic mass is 16.1. The molecule has 1 aromatic carbocycles. The van der Waals surface area contributed by atoms with Crippen molar-refractivity contribution in [3.05, 3.63) is 24.3 Å². The Morgan fingerprint density at radius 1 is 1.42 bits per heavy atom. The van der Waals surface area contributed by atoms with Crippen LogP contribution in [0.3, 0.4) is 0 Å². The Morgan fingerprint density at radius 2 is 2.32 bits per heavy atom. The number of carbonyl (C=O) groups is 1. The first-order chi connectivity index (χ1) is 9.31. The number of anilines is 1. The van der Waals surface area contributed by atoms with E-state index in [1.165, 1.54) is 0 Å². The molecule has 0 saturated carbocycles. The van der Waals surface area contributed by atoms with Gasteiger partial charge in [-0.3, -0.25) is 10.1 Å². The first-order valence-electron chi connectivity index (χ1n) is 6.76. The van der Waals surface area contributed by atoms with Gasteiger partial charge in [-0.25, -0.2) is 4.98 Å². The van der Waals surface area contributed by atoms with Gasteiger partial charge in [-0.15, -0.1) is 0 Å². The Labute approximate surface area is 111 Å². The predicted octanol–water partition coefficient (Wildman–Crippen LogP) is 1.89. The zero-order valence-electron chi connectivity index (χ0n) is 10.8. The second-order valence-corrected chi connectivity index (χ2v) is 5.07. The molecule has 19 heavy (non-hydrogen) atoms. The molecule has 2 heterocycles. The lowest BCUT2D eigenvalue weighted by Gasteiger charge is -2.21. The summed E-state index contributed by atoms with van der Waals surface area (Å²) in [6, 6.07) is 7.75. The van der Waals surface area contributed by atoms with Crippen LogP contribution < -0.4 is 10.6 Å². The number of aromatic nitrogens is 2. The van der Waals surface area contributed by atoms with Crippen molar-refractivity contribution in [2.24, 2.45) is 5.92 Å². The minimum Gasteiger partial charge on any atom is -0.324 e. The number of carbonyl (C=O) groups excluding carboxylic acids is 1. The number of para-hydroxylation sites is 2. The number of aromatic amines is 1. The predicted molar refractivity (Wildman–Crippen MR) is 74.9 cm³/mol. The standard InChI is InChI=1S/C14H18N4O/c19-13(8-10-4-3-7-15-9-10)18-14-16-11-5-1-2-6-12(11)17-14/h1-2,5-6,10,15H,3-4,7-9H2,(H2,16,17,18,19). The maximum absolute atomic E-state index is 12.0. The highest BCUT2D eigenvalue weighted by Gasteiger charge is 2.17. The molecule has 1 atom stereocenters. The second kappa shape index (κ2) is 5.40. The van der Waals surface area contributed by atoms with Gasteiger partial charge >= 0.3 is 0 Å². The number of nitrogens with zero attached hydrogens (tertiary/aromatic N) is 1. The Bertz CT molecular complexity index is 539. The molecule has 1 unspecified atom stereocenters. The maximum Gasteiger partial charge on any atom is 0.227 e. The SMILES string of the molecule is O=C(CC1CCCNC1)Nc1nc2ccccc2[nH]1. The summed E-state index contributed by atoms with van der Waals surface area (Å²) in [4.78, 5) is 19.4. The molecule has 0 aliphatic carbocycles. The van der Waals surface area contributed by atoms with Gasteiger partial charge in [-0.1, -0.05) is 12.1 Å². The van der Waals surface area contributed by atoms with Crippen molar-refractivity contribution in [1.29, 1.82) is 0 Å². The van der Waals surface area contributed by atoms with E-state index in [-0.39, 0.29) is 5.91 Å². The molecule has 0 spiro atoms. The van der Waals surface area contributed by atoms with Crippen LogP contribution in [0.25, 0.3) is 11.0 Å². The third-order valence-electron chi connectivity index (χ3n) is 3.52. The average Bonchev–Trinajstić information content (AvgIpc) is 2.81. The lowest BCUT2D eigenvalue weighted by molar-refractivity contribution is -0.117. The molecule has 1 saturated heterocycles. The lowest BCUT2D eigenvalue weighted by Crippen LogP contribution is -2.32. The van der Waals surface area contributed by atoms with Gasteiger partial charge in [0, 0.05) is 6.42 Å². The van der Waals surface area contributed by atoms with Gasteiger partial charge in [0.05, 0.1) is 11.0 Å². The summed E-state index contributed by atoms with van der Waals surface area (Å²) in [5.74, 6) is 1.01. The number of fused-ring (bicyclic) bond motifs is 1. The fraction of sp³-hybridized carbons (Fsp3) is 0.429. The minimum atomic E-state index is 0.0350. The molecule has 1 aliphatic rings. The van der Waals surface area contributed by atoms with Gasteiger partial charge in [0.1, 0.15) is 0 Å². The van der Waals surface area contributed by atoms with Crippen LogP contribution in [0, 0.1) is 5.92 Å². The van der Waals surface area contributed by atoms with Crippen molar-refractivity contribution in [2.75, 3.05) is 18.4 Å². The van der Waals surface area contributed by atoms with Gasteiger partial charge in [-0.05, 0) is 44.0 Å². The van der Waals surface area contributed by atoms with Crippen molar-refractivity contribution in [1.82, 2.24) is 15.3 Å². The van der Waals surface area contributed by atoms with E-state index in [1.807, 2.05) is 24.3 Å². The summed E-state index contributed by atoms with van der Waals surface area (Å²) in [5, 5.41) is 6.17. The third-order valence-corrected chi connectivity index (χ3v) is 3.52. The van der Waals surface area contributed by atoms with E-state index in [2.05, 4.69) is 20.6 Å². The molecular weight excluding hydrogens is 240 g/mol. The molecule has 1 aromatic heterocycles. The van der Waals surface area contributed by atoms with Gasteiger partial charge in [0.15, 0.2) is 0 Å². The molecule has 0 radical (unpaired) electrons. The number of hydrogen-bond acceptors (Lipinski definition) is 3. The molecule has 1 amide bonds. The van der Waals surface area contributed by atoms with Crippen LogP contribution >= 0.6 is 0 Å². The summed E-state index contributed by atoms with van der Waals surface area (Å²) in [6.45, 7) is 2.01. The Morgan fingerprint density at radius 3 is 3.11 bits per heavy atom. The average molecular weight is 258 g/mol. The van der Waals surface area contributed by atoms with Crippen LogP contribution in [-0.2, 0) is 4.79 Å². The molecule has 3 rings (SSSR count). The molecule has 1 aliphatic heterocycles. The number of imidazole rings is 1. The van der Waals surface area contributed by atoms with E-state index in [0.717, 1.165) is 37.0 Å². The van der Waals surface area contributed by atoms with Gasteiger partial charge in [0.2, 0.25) is 11.9 Å². The summed E-state index contributed by atoms with van der Waals surface area (Å²) >= 11 is 0. The minimum absolute atomic E-state index is 0.0350. The summed E-state index contributed by atoms with van der Waals surface area (Å²) in [7, 11) is 0. The fourth-order valence-electron chi connectivity index (χ4n) is 2.56. The highest BCUT2D eigenvalue weighted by Crippen LogP contribution is 2.16. The maximum atomic E-state index is 12.0. The van der Waals surface area contributed by atoms with E-state index in [0.29, 0.717) is 18.3 Å². The number of rotatable bonds is 3. The fourth-order valence-corrected chi connectivity index (χ4v) is 2.56. The van der Waals surface area contributed by atoms with Crippen LogP contribution in [0.2, 0.25) is 0 Å². The van der Waals surface area contributed by atoms with Gasteiger partial charge in [0.25, 0.3) is 0 Å². The molecule has 0 bridgehead atoms. The smallest absolute Gasteiger partial charge is 0.227 e. The van der Waals surface area contributed by atoms with Crippen LogP contribution in [0.5, 0.6) is 0 Å².